The highest BCUT2D eigenvalue weighted by molar-refractivity contribution is 6.40. The minimum atomic E-state index is -0.757. The van der Waals surface area contributed by atoms with Crippen LogP contribution >= 0.6 is 0 Å². The second kappa shape index (κ2) is 6.22. The molecule has 10 nitrogen and oxygen atoms in total. The normalized spacial score (nSPS) is 12.1. The van der Waals surface area contributed by atoms with Crippen LogP contribution < -0.4 is 5.43 Å². The molecule has 10 heteroatoms. The maximum Gasteiger partial charge on any atom is 0.301 e. The van der Waals surface area contributed by atoms with Gasteiger partial charge in [0.15, 0.2) is 0 Å². The zero-order chi connectivity index (χ0) is 15.3. The largest absolute Gasteiger partial charge is 0.411 e. The van der Waals surface area contributed by atoms with Gasteiger partial charge in [-0.3, -0.25) is 25.7 Å². The Morgan fingerprint density at radius 2 is 1.85 bits per heavy atom. The Kier molecular flexibility index (Phi) is 4.67. The molecule has 0 aliphatic carbocycles. The first-order valence-corrected chi connectivity index (χ1v) is 5.29. The predicted molar refractivity (Wildman–Crippen MR) is 71.4 cm³/mol. The van der Waals surface area contributed by atoms with E-state index >= 15 is 0 Å². The van der Waals surface area contributed by atoms with Crippen molar-refractivity contribution in [2.45, 2.75) is 13.8 Å². The fraction of sp³-hybridized carbons (Fsp3) is 0.200. The summed E-state index contributed by atoms with van der Waals surface area (Å²) in [4.78, 5) is 19.9. The average Bonchev–Trinajstić information content (AvgIpc) is 2.43. The number of hydrazone groups is 1. The Morgan fingerprint density at radius 3 is 2.35 bits per heavy atom. The van der Waals surface area contributed by atoms with Crippen molar-refractivity contribution in [2.24, 2.45) is 10.3 Å². The van der Waals surface area contributed by atoms with Crippen molar-refractivity contribution >= 4 is 28.5 Å². The minimum Gasteiger partial charge on any atom is -0.411 e. The Bertz CT molecular complexity index is 610. The van der Waals surface area contributed by atoms with Gasteiger partial charge in [0.25, 0.3) is 5.69 Å². The van der Waals surface area contributed by atoms with E-state index in [4.69, 9.17) is 5.21 Å². The summed E-state index contributed by atoms with van der Waals surface area (Å²) in [6.45, 7) is 3.02. The quantitative estimate of drug-likeness (QED) is 0.366. The molecule has 1 aromatic rings. The molecule has 0 aromatic heterocycles. The van der Waals surface area contributed by atoms with Crippen LogP contribution in [0.5, 0.6) is 0 Å². The van der Waals surface area contributed by atoms with Crippen LogP contribution in [0.15, 0.2) is 28.5 Å². The molecular weight excluding hydrogens is 270 g/mol. The lowest BCUT2D eigenvalue weighted by Gasteiger charge is -2.03. The third-order valence-corrected chi connectivity index (χ3v) is 2.41. The second-order valence-electron chi connectivity index (χ2n) is 3.71. The number of non-ortho nitro benzene ring substituents is 1. The molecule has 0 bridgehead atoms. The Labute approximate surface area is 112 Å². The van der Waals surface area contributed by atoms with Gasteiger partial charge in [0.2, 0.25) is 0 Å². The zero-order valence-corrected chi connectivity index (χ0v) is 10.6. The third-order valence-electron chi connectivity index (χ3n) is 2.41. The van der Waals surface area contributed by atoms with Gasteiger partial charge >= 0.3 is 5.69 Å². The van der Waals surface area contributed by atoms with Crippen LogP contribution in [0, 0.1) is 20.2 Å². The molecule has 0 unspecified atom stereocenters. The van der Waals surface area contributed by atoms with Gasteiger partial charge in [0, 0.05) is 6.07 Å². The van der Waals surface area contributed by atoms with Crippen LogP contribution in [0.2, 0.25) is 0 Å². The summed E-state index contributed by atoms with van der Waals surface area (Å²) in [5.74, 6) is 0. The summed E-state index contributed by atoms with van der Waals surface area (Å²) in [5, 5.41) is 36.7. The molecule has 0 fully saturated rings. The highest BCUT2D eigenvalue weighted by atomic mass is 16.6. The number of rotatable bonds is 5. The molecule has 106 valence electrons. The molecule has 20 heavy (non-hydrogen) atoms. The minimum absolute atomic E-state index is 0.00862. The van der Waals surface area contributed by atoms with Crippen molar-refractivity contribution in [3.05, 3.63) is 38.4 Å². The molecule has 1 aromatic carbocycles. The van der Waals surface area contributed by atoms with Gasteiger partial charge in [-0.15, -0.1) is 0 Å². The third kappa shape index (κ3) is 3.48. The molecule has 1 rings (SSSR count). The maximum absolute atomic E-state index is 10.9. The van der Waals surface area contributed by atoms with E-state index in [9.17, 15) is 20.2 Å². The van der Waals surface area contributed by atoms with Crippen molar-refractivity contribution in [2.75, 3.05) is 5.43 Å². The first-order chi connectivity index (χ1) is 9.36. The van der Waals surface area contributed by atoms with Crippen molar-refractivity contribution in [3.63, 3.8) is 0 Å². The lowest BCUT2D eigenvalue weighted by molar-refractivity contribution is -0.393. The molecule has 2 N–H and O–H groups in total. The smallest absolute Gasteiger partial charge is 0.301 e. The monoisotopic (exact) mass is 281 g/mol. The first-order valence-electron chi connectivity index (χ1n) is 5.29. The van der Waals surface area contributed by atoms with E-state index in [1.165, 1.54) is 19.9 Å². The van der Waals surface area contributed by atoms with Gasteiger partial charge in [-0.1, -0.05) is 5.16 Å². The van der Waals surface area contributed by atoms with Gasteiger partial charge in [-0.05, 0) is 19.9 Å². The van der Waals surface area contributed by atoms with Crippen molar-refractivity contribution in [3.8, 4) is 0 Å². The number of hydrogen-bond donors (Lipinski definition) is 2. The van der Waals surface area contributed by atoms with Gasteiger partial charge in [0.1, 0.15) is 5.69 Å². The fourth-order valence-electron chi connectivity index (χ4n) is 1.18. The molecule has 0 heterocycles. The molecule has 0 aliphatic rings. The summed E-state index contributed by atoms with van der Waals surface area (Å²) < 4.78 is 0. The van der Waals surface area contributed by atoms with Crippen LogP contribution in [0.4, 0.5) is 17.1 Å². The van der Waals surface area contributed by atoms with Gasteiger partial charge in [-0.25, -0.2) is 0 Å². The lowest BCUT2D eigenvalue weighted by Crippen LogP contribution is -2.08. The van der Waals surface area contributed by atoms with Crippen molar-refractivity contribution in [1.29, 1.82) is 0 Å². The first kappa shape index (κ1) is 15.0. The van der Waals surface area contributed by atoms with Crippen LogP contribution in [0.25, 0.3) is 0 Å². The second-order valence-corrected chi connectivity index (χ2v) is 3.71. The molecule has 0 amide bonds. The SMILES string of the molecule is CC(=N\O)/C(C)=N/Nc1ccc([N+](=O)[O-])cc1[N+](=O)[O-]. The predicted octanol–water partition coefficient (Wildman–Crippen LogP) is 2.14. The number of nitro benzene ring substituents is 2. The van der Waals surface area contributed by atoms with E-state index in [2.05, 4.69) is 15.7 Å². The maximum atomic E-state index is 10.9. The van der Waals surface area contributed by atoms with Gasteiger partial charge in [-0.2, -0.15) is 5.10 Å². The number of benzene rings is 1. The molecule has 0 saturated carbocycles. The number of oxime groups is 1. The lowest BCUT2D eigenvalue weighted by atomic mass is 10.2. The van der Waals surface area contributed by atoms with Crippen LogP contribution in [0.3, 0.4) is 0 Å². The molecule has 0 aliphatic heterocycles. The number of nitro groups is 2. The molecule has 0 radical (unpaired) electrons. The highest BCUT2D eigenvalue weighted by Crippen LogP contribution is 2.28. The topological polar surface area (TPSA) is 143 Å². The standard InChI is InChI=1S/C10H11N5O5/c1-6(7(2)13-16)11-12-9-4-3-8(14(17)18)5-10(9)15(19)20/h3-5,12,16H,1-2H3/b11-6+,13-7+. The molecule has 0 atom stereocenters. The summed E-state index contributed by atoms with van der Waals surface area (Å²) in [6, 6.07) is 3.13. The van der Waals surface area contributed by atoms with E-state index in [0.717, 1.165) is 12.1 Å². The number of nitrogens with zero attached hydrogens (tertiary/aromatic N) is 4. The van der Waals surface area contributed by atoms with Crippen molar-refractivity contribution in [1.82, 2.24) is 0 Å². The van der Waals surface area contributed by atoms with Crippen LogP contribution in [-0.2, 0) is 0 Å². The summed E-state index contributed by atoms with van der Waals surface area (Å²) in [7, 11) is 0. The highest BCUT2D eigenvalue weighted by Gasteiger charge is 2.19. The summed E-state index contributed by atoms with van der Waals surface area (Å²) in [6.07, 6.45) is 0. The number of nitrogens with one attached hydrogen (secondary N) is 1. The van der Waals surface area contributed by atoms with E-state index in [-0.39, 0.29) is 11.4 Å². The van der Waals surface area contributed by atoms with E-state index in [1.54, 1.807) is 0 Å². The summed E-state index contributed by atoms with van der Waals surface area (Å²) in [5.41, 5.74) is 2.06. The molecular formula is C10H11N5O5. The zero-order valence-electron chi connectivity index (χ0n) is 10.6. The Morgan fingerprint density at radius 1 is 1.20 bits per heavy atom. The van der Waals surface area contributed by atoms with E-state index < -0.39 is 21.2 Å². The Balaban J connectivity index is 3.13. The van der Waals surface area contributed by atoms with E-state index in [1.807, 2.05) is 0 Å². The average molecular weight is 281 g/mol. The molecule has 0 saturated heterocycles. The summed E-state index contributed by atoms with van der Waals surface area (Å²) >= 11 is 0. The van der Waals surface area contributed by atoms with Gasteiger partial charge < -0.3 is 5.21 Å². The van der Waals surface area contributed by atoms with Gasteiger partial charge in [0.05, 0.1) is 27.3 Å². The van der Waals surface area contributed by atoms with Crippen molar-refractivity contribution < 1.29 is 15.1 Å². The molecule has 0 spiro atoms. The fourth-order valence-corrected chi connectivity index (χ4v) is 1.18. The van der Waals surface area contributed by atoms with Crippen LogP contribution in [-0.4, -0.2) is 26.5 Å². The van der Waals surface area contributed by atoms with E-state index in [0.29, 0.717) is 5.71 Å². The van der Waals surface area contributed by atoms with Crippen LogP contribution in [0.1, 0.15) is 13.8 Å². The Hall–Kier alpha value is -3.04. The number of hydrogen-bond acceptors (Lipinski definition) is 8. The number of anilines is 1.